The third kappa shape index (κ3) is 4.29. The van der Waals surface area contributed by atoms with Crippen molar-refractivity contribution in [1.29, 1.82) is 0 Å². The monoisotopic (exact) mass is 348 g/mol. The van der Waals surface area contributed by atoms with Gasteiger partial charge in [0, 0.05) is 22.4 Å². The van der Waals surface area contributed by atoms with Gasteiger partial charge in [0.1, 0.15) is 11.4 Å². The summed E-state index contributed by atoms with van der Waals surface area (Å²) in [7, 11) is 0. The van der Waals surface area contributed by atoms with Crippen molar-refractivity contribution in [2.24, 2.45) is 0 Å². The highest BCUT2D eigenvalue weighted by molar-refractivity contribution is 9.10. The molecule has 0 spiro atoms. The van der Waals surface area contributed by atoms with Crippen LogP contribution in [-0.2, 0) is 0 Å². The maximum atomic E-state index is 12.2. The third-order valence-corrected chi connectivity index (χ3v) is 3.62. The molecular weight excluding hydrogens is 332 g/mol. The molecule has 1 amide bonds. The van der Waals surface area contributed by atoms with E-state index >= 15 is 0 Å². The predicted octanol–water partition coefficient (Wildman–Crippen LogP) is 4.27. The molecule has 1 aromatic carbocycles. The minimum atomic E-state index is -0.261. The molecule has 0 fully saturated rings. The highest BCUT2D eigenvalue weighted by atomic mass is 79.9. The van der Waals surface area contributed by atoms with Gasteiger partial charge in [0.05, 0.1) is 6.10 Å². The SMILES string of the molecule is CCC(C)Oc1cccc(NC(=O)c2ncccc2Br)c1. The lowest BCUT2D eigenvalue weighted by Gasteiger charge is -2.13. The number of ether oxygens (including phenoxy) is 1. The standard InChI is InChI=1S/C16H17BrN2O2/c1-3-11(2)21-13-7-4-6-12(10-13)19-16(20)15-14(17)8-5-9-18-15/h4-11H,3H2,1-2H3,(H,19,20). The van der Waals surface area contributed by atoms with Crippen molar-refractivity contribution >= 4 is 27.5 Å². The van der Waals surface area contributed by atoms with E-state index in [1.807, 2.05) is 25.1 Å². The summed E-state index contributed by atoms with van der Waals surface area (Å²) in [5.41, 5.74) is 1.03. The minimum absolute atomic E-state index is 0.140. The van der Waals surface area contributed by atoms with Crippen LogP contribution in [0.15, 0.2) is 47.1 Å². The summed E-state index contributed by atoms with van der Waals surface area (Å²) >= 11 is 3.32. The van der Waals surface area contributed by atoms with E-state index in [0.717, 1.165) is 12.2 Å². The molecule has 2 aromatic rings. The molecule has 1 heterocycles. The predicted molar refractivity (Wildman–Crippen MR) is 86.7 cm³/mol. The molecule has 0 bridgehead atoms. The second-order valence-electron chi connectivity index (χ2n) is 4.65. The average Bonchev–Trinajstić information content (AvgIpc) is 2.47. The Bertz CT molecular complexity index is 631. The number of benzene rings is 1. The first-order valence-corrected chi connectivity index (χ1v) is 7.58. The number of rotatable bonds is 5. The zero-order chi connectivity index (χ0) is 15.2. The third-order valence-electron chi connectivity index (χ3n) is 2.98. The maximum absolute atomic E-state index is 12.2. The number of hydrogen-bond acceptors (Lipinski definition) is 3. The lowest BCUT2D eigenvalue weighted by atomic mass is 10.2. The van der Waals surface area contributed by atoms with E-state index in [0.29, 0.717) is 15.9 Å². The summed E-state index contributed by atoms with van der Waals surface area (Å²) in [4.78, 5) is 16.2. The van der Waals surface area contributed by atoms with Crippen LogP contribution in [0.25, 0.3) is 0 Å². The summed E-state index contributed by atoms with van der Waals surface area (Å²) < 4.78 is 6.40. The molecule has 0 saturated heterocycles. The molecule has 0 aliphatic rings. The van der Waals surface area contributed by atoms with E-state index in [1.165, 1.54) is 0 Å². The van der Waals surface area contributed by atoms with Crippen LogP contribution < -0.4 is 10.1 Å². The molecule has 1 unspecified atom stereocenters. The quantitative estimate of drug-likeness (QED) is 0.877. The van der Waals surface area contributed by atoms with Crippen LogP contribution in [0.4, 0.5) is 5.69 Å². The molecule has 1 aromatic heterocycles. The Balaban J connectivity index is 2.11. The van der Waals surface area contributed by atoms with Crippen LogP contribution in [0, 0.1) is 0 Å². The van der Waals surface area contributed by atoms with E-state index in [1.54, 1.807) is 24.4 Å². The normalized spacial score (nSPS) is 11.8. The topological polar surface area (TPSA) is 51.2 Å². The number of nitrogens with one attached hydrogen (secondary N) is 1. The Morgan fingerprint density at radius 3 is 2.90 bits per heavy atom. The molecule has 110 valence electrons. The van der Waals surface area contributed by atoms with Crippen molar-refractivity contribution in [2.45, 2.75) is 26.4 Å². The summed E-state index contributed by atoms with van der Waals surface area (Å²) in [5, 5.41) is 2.82. The van der Waals surface area contributed by atoms with Crippen LogP contribution >= 0.6 is 15.9 Å². The number of pyridine rings is 1. The van der Waals surface area contributed by atoms with E-state index in [9.17, 15) is 4.79 Å². The van der Waals surface area contributed by atoms with E-state index in [2.05, 4.69) is 33.2 Å². The second-order valence-corrected chi connectivity index (χ2v) is 5.51. The number of hydrogen-bond donors (Lipinski definition) is 1. The van der Waals surface area contributed by atoms with Crippen molar-refractivity contribution in [3.8, 4) is 5.75 Å². The van der Waals surface area contributed by atoms with E-state index in [-0.39, 0.29) is 12.0 Å². The zero-order valence-electron chi connectivity index (χ0n) is 12.0. The molecule has 1 atom stereocenters. The molecule has 0 aliphatic carbocycles. The first-order valence-electron chi connectivity index (χ1n) is 6.78. The highest BCUT2D eigenvalue weighted by Crippen LogP contribution is 2.21. The van der Waals surface area contributed by atoms with Crippen LogP contribution in [0.2, 0.25) is 0 Å². The number of halogens is 1. The fourth-order valence-electron chi connectivity index (χ4n) is 1.71. The molecular formula is C16H17BrN2O2. The Morgan fingerprint density at radius 2 is 2.19 bits per heavy atom. The van der Waals surface area contributed by atoms with Gasteiger partial charge in [-0.2, -0.15) is 0 Å². The first-order chi connectivity index (χ1) is 10.1. The number of anilines is 1. The molecule has 1 N–H and O–H groups in total. The molecule has 2 rings (SSSR count). The smallest absolute Gasteiger partial charge is 0.275 e. The summed E-state index contributed by atoms with van der Waals surface area (Å²) in [6, 6.07) is 10.9. The Labute approximate surface area is 132 Å². The molecule has 0 aliphatic heterocycles. The van der Waals surface area contributed by atoms with E-state index in [4.69, 9.17) is 4.74 Å². The van der Waals surface area contributed by atoms with Gasteiger partial charge in [-0.05, 0) is 53.5 Å². The van der Waals surface area contributed by atoms with Gasteiger partial charge in [-0.25, -0.2) is 4.98 Å². The number of carbonyl (C=O) groups is 1. The highest BCUT2D eigenvalue weighted by Gasteiger charge is 2.11. The van der Waals surface area contributed by atoms with Crippen molar-refractivity contribution < 1.29 is 9.53 Å². The minimum Gasteiger partial charge on any atom is -0.491 e. The average molecular weight is 349 g/mol. The van der Waals surface area contributed by atoms with Crippen molar-refractivity contribution in [2.75, 3.05) is 5.32 Å². The van der Waals surface area contributed by atoms with Crippen LogP contribution in [0.5, 0.6) is 5.75 Å². The number of amides is 1. The zero-order valence-corrected chi connectivity index (χ0v) is 13.6. The van der Waals surface area contributed by atoms with Crippen molar-refractivity contribution in [3.05, 3.63) is 52.8 Å². The Morgan fingerprint density at radius 1 is 1.38 bits per heavy atom. The van der Waals surface area contributed by atoms with Gasteiger partial charge in [0.25, 0.3) is 5.91 Å². The van der Waals surface area contributed by atoms with Gasteiger partial charge in [-0.15, -0.1) is 0 Å². The van der Waals surface area contributed by atoms with Crippen LogP contribution in [0.1, 0.15) is 30.8 Å². The first kappa shape index (κ1) is 15.5. The lowest BCUT2D eigenvalue weighted by molar-refractivity contribution is 0.102. The Hall–Kier alpha value is -1.88. The number of aromatic nitrogens is 1. The molecule has 4 nitrogen and oxygen atoms in total. The van der Waals surface area contributed by atoms with Gasteiger partial charge in [0.15, 0.2) is 0 Å². The van der Waals surface area contributed by atoms with E-state index < -0.39 is 0 Å². The fraction of sp³-hybridized carbons (Fsp3) is 0.250. The van der Waals surface area contributed by atoms with Gasteiger partial charge in [-0.3, -0.25) is 4.79 Å². The fourth-order valence-corrected chi connectivity index (χ4v) is 2.14. The second kappa shape index (κ2) is 7.22. The largest absolute Gasteiger partial charge is 0.491 e. The van der Waals surface area contributed by atoms with Crippen LogP contribution in [-0.4, -0.2) is 17.0 Å². The van der Waals surface area contributed by atoms with Crippen molar-refractivity contribution in [3.63, 3.8) is 0 Å². The molecule has 5 heteroatoms. The summed E-state index contributed by atoms with van der Waals surface area (Å²) in [6.07, 6.45) is 2.65. The number of carbonyl (C=O) groups excluding carboxylic acids is 1. The summed E-state index contributed by atoms with van der Waals surface area (Å²) in [6.45, 7) is 4.07. The molecule has 0 radical (unpaired) electrons. The van der Waals surface area contributed by atoms with Gasteiger partial charge in [-0.1, -0.05) is 13.0 Å². The van der Waals surface area contributed by atoms with Gasteiger partial charge in [0.2, 0.25) is 0 Å². The number of nitrogens with zero attached hydrogens (tertiary/aromatic N) is 1. The van der Waals surface area contributed by atoms with Gasteiger partial charge >= 0.3 is 0 Å². The molecule has 21 heavy (non-hydrogen) atoms. The van der Waals surface area contributed by atoms with Gasteiger partial charge < -0.3 is 10.1 Å². The van der Waals surface area contributed by atoms with Crippen molar-refractivity contribution in [1.82, 2.24) is 4.98 Å². The van der Waals surface area contributed by atoms with Crippen LogP contribution in [0.3, 0.4) is 0 Å². The Kier molecular flexibility index (Phi) is 5.33. The molecule has 0 saturated carbocycles. The summed E-state index contributed by atoms with van der Waals surface area (Å²) in [5.74, 6) is 0.477. The maximum Gasteiger partial charge on any atom is 0.275 e. The lowest BCUT2D eigenvalue weighted by Crippen LogP contribution is -2.14.